The second kappa shape index (κ2) is 6.93. The van der Waals surface area contributed by atoms with Gasteiger partial charge in [0.05, 0.1) is 24.4 Å². The van der Waals surface area contributed by atoms with Crippen LogP contribution in [0.5, 0.6) is 0 Å². The van der Waals surface area contributed by atoms with Crippen molar-refractivity contribution in [3.8, 4) is 0 Å². The number of nitrogens with zero attached hydrogens (tertiary/aromatic N) is 5. The van der Waals surface area contributed by atoms with Crippen LogP contribution in [0.25, 0.3) is 0 Å². The van der Waals surface area contributed by atoms with Gasteiger partial charge < -0.3 is 13.7 Å². The Morgan fingerprint density at radius 1 is 1.07 bits per heavy atom. The van der Waals surface area contributed by atoms with Gasteiger partial charge in [0.1, 0.15) is 5.76 Å². The largest absolute Gasteiger partial charge is 0.424 e. The topological polar surface area (TPSA) is 80.7 Å². The van der Waals surface area contributed by atoms with Crippen LogP contribution in [-0.4, -0.2) is 62.5 Å². The summed E-state index contributed by atoms with van der Waals surface area (Å²) in [5.41, 5.74) is 2.19. The van der Waals surface area contributed by atoms with Crippen LogP contribution < -0.4 is 0 Å². The first-order valence-electron chi connectivity index (χ1n) is 10.3. The Morgan fingerprint density at radius 3 is 2.50 bits per heavy atom. The molecule has 3 atom stereocenters. The summed E-state index contributed by atoms with van der Waals surface area (Å²) >= 11 is 0. The lowest BCUT2D eigenvalue weighted by Gasteiger charge is -2.50. The molecule has 1 unspecified atom stereocenters. The Morgan fingerprint density at radius 2 is 1.86 bits per heavy atom. The fraction of sp³-hybridized carbons (Fsp3) is 0.750. The fourth-order valence-electron chi connectivity index (χ4n) is 5.47. The van der Waals surface area contributed by atoms with Crippen molar-refractivity contribution in [3.63, 3.8) is 0 Å². The SMILES string of the molecule is Cc1nnc(CN2[C@@H]3CC[C@H]2CC2(C3)CN(Cc3c(C)noc3C)CCO2)o1. The van der Waals surface area contributed by atoms with Crippen molar-refractivity contribution in [2.24, 2.45) is 0 Å². The van der Waals surface area contributed by atoms with Crippen molar-refractivity contribution >= 4 is 0 Å². The third-order valence-corrected chi connectivity index (χ3v) is 6.76. The molecule has 152 valence electrons. The van der Waals surface area contributed by atoms with Gasteiger partial charge in [0.15, 0.2) is 0 Å². The molecule has 2 aromatic rings. The Hall–Kier alpha value is -1.77. The van der Waals surface area contributed by atoms with Crippen molar-refractivity contribution in [2.45, 2.75) is 77.2 Å². The predicted octanol–water partition coefficient (Wildman–Crippen LogP) is 2.38. The second-order valence-electron chi connectivity index (χ2n) is 8.73. The Balaban J connectivity index is 1.28. The predicted molar refractivity (Wildman–Crippen MR) is 101 cm³/mol. The summed E-state index contributed by atoms with van der Waals surface area (Å²) in [6.45, 7) is 10.3. The molecular weight excluding hydrogens is 358 g/mol. The molecule has 5 rings (SSSR count). The van der Waals surface area contributed by atoms with E-state index in [2.05, 4.69) is 25.2 Å². The number of hydrogen-bond acceptors (Lipinski definition) is 8. The lowest BCUT2D eigenvalue weighted by atomic mass is 9.84. The van der Waals surface area contributed by atoms with Crippen LogP contribution in [0.15, 0.2) is 8.94 Å². The van der Waals surface area contributed by atoms with Gasteiger partial charge in [-0.3, -0.25) is 9.80 Å². The van der Waals surface area contributed by atoms with Gasteiger partial charge >= 0.3 is 0 Å². The number of aromatic nitrogens is 3. The molecule has 8 nitrogen and oxygen atoms in total. The molecule has 3 aliphatic heterocycles. The highest BCUT2D eigenvalue weighted by Crippen LogP contribution is 2.44. The summed E-state index contributed by atoms with van der Waals surface area (Å²) in [5.74, 6) is 2.30. The average Bonchev–Trinajstić information content (AvgIpc) is 3.29. The maximum absolute atomic E-state index is 6.44. The molecule has 2 aromatic heterocycles. The lowest BCUT2D eigenvalue weighted by Crippen LogP contribution is -2.59. The van der Waals surface area contributed by atoms with Gasteiger partial charge in [0, 0.05) is 44.2 Å². The summed E-state index contributed by atoms with van der Waals surface area (Å²) < 4.78 is 17.4. The van der Waals surface area contributed by atoms with Gasteiger partial charge in [-0.15, -0.1) is 10.2 Å². The summed E-state index contributed by atoms with van der Waals surface area (Å²) in [4.78, 5) is 5.08. The van der Waals surface area contributed by atoms with E-state index in [1.54, 1.807) is 0 Å². The average molecular weight is 387 g/mol. The minimum absolute atomic E-state index is 0.0374. The van der Waals surface area contributed by atoms with Crippen molar-refractivity contribution < 1.29 is 13.7 Å². The minimum atomic E-state index is -0.0374. The molecule has 5 heterocycles. The van der Waals surface area contributed by atoms with E-state index in [4.69, 9.17) is 13.7 Å². The molecule has 0 amide bonds. The summed E-state index contributed by atoms with van der Waals surface area (Å²) in [7, 11) is 0. The molecule has 2 bridgehead atoms. The van der Waals surface area contributed by atoms with E-state index >= 15 is 0 Å². The summed E-state index contributed by atoms with van der Waals surface area (Å²) in [6, 6.07) is 1.06. The van der Waals surface area contributed by atoms with Crippen molar-refractivity contribution in [1.29, 1.82) is 0 Å². The van der Waals surface area contributed by atoms with Crippen molar-refractivity contribution in [2.75, 3.05) is 19.7 Å². The molecule has 8 heteroatoms. The van der Waals surface area contributed by atoms with Gasteiger partial charge in [-0.1, -0.05) is 5.16 Å². The second-order valence-corrected chi connectivity index (χ2v) is 8.73. The van der Waals surface area contributed by atoms with Crippen molar-refractivity contribution in [1.82, 2.24) is 25.2 Å². The molecule has 0 aromatic carbocycles. The van der Waals surface area contributed by atoms with E-state index in [9.17, 15) is 0 Å². The highest BCUT2D eigenvalue weighted by molar-refractivity contribution is 5.21. The molecule has 3 fully saturated rings. The Bertz CT molecular complexity index is 813. The molecule has 0 aliphatic carbocycles. The smallest absolute Gasteiger partial charge is 0.230 e. The van der Waals surface area contributed by atoms with Crippen LogP contribution in [0.1, 0.15) is 54.5 Å². The minimum Gasteiger partial charge on any atom is -0.424 e. The molecule has 28 heavy (non-hydrogen) atoms. The van der Waals surface area contributed by atoms with Gasteiger partial charge in [-0.05, 0) is 39.5 Å². The first-order chi connectivity index (χ1) is 13.5. The zero-order chi connectivity index (χ0) is 19.3. The summed E-state index contributed by atoms with van der Waals surface area (Å²) in [6.07, 6.45) is 4.61. The standard InChI is InChI=1S/C20H29N5O3/c1-13-18(14(2)28-23-13)10-24-6-7-26-20(12-24)8-16-4-5-17(9-20)25(16)11-19-22-21-15(3)27-19/h16-17H,4-12H2,1-3H3/t16-,17+,20?. The first-order valence-corrected chi connectivity index (χ1v) is 10.3. The highest BCUT2D eigenvalue weighted by atomic mass is 16.5. The van der Waals surface area contributed by atoms with E-state index in [1.165, 1.54) is 18.4 Å². The number of hydrogen-bond donors (Lipinski definition) is 0. The highest BCUT2D eigenvalue weighted by Gasteiger charge is 2.51. The molecule has 0 N–H and O–H groups in total. The van der Waals surface area contributed by atoms with E-state index in [0.717, 1.165) is 63.0 Å². The number of ether oxygens (including phenoxy) is 1. The molecule has 0 saturated carbocycles. The van der Waals surface area contributed by atoms with Gasteiger partial charge in [0.2, 0.25) is 11.8 Å². The molecule has 3 aliphatic rings. The number of rotatable bonds is 4. The number of aryl methyl sites for hydroxylation is 3. The quantitative estimate of drug-likeness (QED) is 0.791. The van der Waals surface area contributed by atoms with E-state index < -0.39 is 0 Å². The number of morpholine rings is 1. The Kier molecular flexibility index (Phi) is 4.52. The van der Waals surface area contributed by atoms with Gasteiger partial charge in [0.25, 0.3) is 0 Å². The molecule has 0 radical (unpaired) electrons. The van der Waals surface area contributed by atoms with E-state index in [-0.39, 0.29) is 5.60 Å². The van der Waals surface area contributed by atoms with Crippen molar-refractivity contribution in [3.05, 3.63) is 28.8 Å². The maximum atomic E-state index is 6.44. The normalized spacial score (nSPS) is 31.1. The van der Waals surface area contributed by atoms with E-state index in [1.807, 2.05) is 20.8 Å². The first kappa shape index (κ1) is 18.3. The molecule has 1 spiro atoms. The molecular formula is C20H29N5O3. The van der Waals surface area contributed by atoms with E-state index in [0.29, 0.717) is 18.0 Å². The third kappa shape index (κ3) is 3.27. The van der Waals surface area contributed by atoms with Gasteiger partial charge in [-0.2, -0.15) is 0 Å². The fourth-order valence-corrected chi connectivity index (χ4v) is 5.47. The van der Waals surface area contributed by atoms with Crippen LogP contribution in [-0.2, 0) is 17.8 Å². The zero-order valence-electron chi connectivity index (χ0n) is 17.0. The van der Waals surface area contributed by atoms with Crippen LogP contribution in [0.4, 0.5) is 0 Å². The number of fused-ring (bicyclic) bond motifs is 2. The number of piperidine rings is 1. The monoisotopic (exact) mass is 387 g/mol. The third-order valence-electron chi connectivity index (χ3n) is 6.76. The zero-order valence-corrected chi connectivity index (χ0v) is 17.0. The van der Waals surface area contributed by atoms with Crippen LogP contribution in [0.2, 0.25) is 0 Å². The molecule has 3 saturated heterocycles. The van der Waals surface area contributed by atoms with Gasteiger partial charge in [-0.25, -0.2) is 0 Å². The van der Waals surface area contributed by atoms with Crippen LogP contribution in [0, 0.1) is 20.8 Å². The Labute approximate surface area is 165 Å². The maximum Gasteiger partial charge on any atom is 0.230 e. The lowest BCUT2D eigenvalue weighted by molar-refractivity contribution is -0.153. The summed E-state index contributed by atoms with van der Waals surface area (Å²) in [5, 5.41) is 12.3. The van der Waals surface area contributed by atoms with Crippen LogP contribution in [0.3, 0.4) is 0 Å². The van der Waals surface area contributed by atoms with Crippen LogP contribution >= 0.6 is 0 Å².